The number of thioether (sulfide) groups is 1. The van der Waals surface area contributed by atoms with Crippen LogP contribution in [-0.2, 0) is 92.8 Å². The van der Waals surface area contributed by atoms with E-state index in [0.29, 0.717) is 16.7 Å². The van der Waals surface area contributed by atoms with Gasteiger partial charge in [0.15, 0.2) is 0 Å². The Labute approximate surface area is 585 Å². The number of hydrogen-bond acceptors (Lipinski definition) is 20. The predicted molar refractivity (Wildman–Crippen MR) is 369 cm³/mol. The van der Waals surface area contributed by atoms with Gasteiger partial charge in [-0.3, -0.25) is 67.1 Å². The summed E-state index contributed by atoms with van der Waals surface area (Å²) in [5.74, 6) is -16.0. The van der Waals surface area contributed by atoms with Gasteiger partial charge in [0.05, 0.1) is 25.4 Å². The lowest BCUT2D eigenvalue weighted by Gasteiger charge is -2.27. The van der Waals surface area contributed by atoms with Gasteiger partial charge in [-0.15, -0.1) is 0 Å². The quantitative estimate of drug-likeness (QED) is 0.0202. The average Bonchev–Trinajstić information content (AvgIpc) is 0.867. The number of phenolic OH excluding ortho intramolecular Hbond substituents is 2. The Bertz CT molecular complexity index is 3450. The Morgan fingerprint density at radius 2 is 0.778 bits per heavy atom. The Kier molecular flexibility index (Phi) is 34.0. The maximum absolute atomic E-state index is 14.5. The van der Waals surface area contributed by atoms with E-state index in [1.54, 1.807) is 80.8 Å². The molecule has 34 heteroatoms. The molecule has 0 radical (unpaired) electrons. The summed E-state index contributed by atoms with van der Waals surface area (Å²) in [6.07, 6.45) is -0.961. The van der Waals surface area contributed by atoms with E-state index in [2.05, 4.69) is 83.7 Å². The number of amides is 12. The first kappa shape index (κ1) is 81.5. The molecule has 0 aromatic heterocycles. The number of phenols is 2. The van der Waals surface area contributed by atoms with Crippen LogP contribution < -0.4 is 70.0 Å². The third kappa shape index (κ3) is 28.6. The van der Waals surface area contributed by atoms with Crippen LogP contribution in [-0.4, -0.2) is 200 Å². The molecule has 4 aromatic carbocycles. The van der Waals surface area contributed by atoms with Crippen molar-refractivity contribution in [3.8, 4) is 11.5 Å². The van der Waals surface area contributed by atoms with E-state index in [4.69, 9.17) is 11.5 Å². The Morgan fingerprint density at radius 1 is 0.424 bits per heavy atom. The van der Waals surface area contributed by atoms with E-state index >= 15 is 0 Å². The van der Waals surface area contributed by atoms with Crippen LogP contribution in [0.4, 0.5) is 0 Å². The van der Waals surface area contributed by atoms with Crippen molar-refractivity contribution in [1.82, 2.24) is 58.5 Å². The first-order valence-corrected chi connectivity index (χ1v) is 33.7. The molecule has 31 nitrogen and oxygen atoms in total. The molecule has 0 aliphatic heterocycles. The van der Waals surface area contributed by atoms with Gasteiger partial charge in [0, 0.05) is 30.8 Å². The summed E-state index contributed by atoms with van der Waals surface area (Å²) in [6.45, 7) is 3.51. The first-order chi connectivity index (χ1) is 46.9. The van der Waals surface area contributed by atoms with Crippen LogP contribution in [0.25, 0.3) is 0 Å². The van der Waals surface area contributed by atoms with Crippen LogP contribution in [0.1, 0.15) is 62.3 Å². The molecule has 4 aromatic rings. The highest BCUT2D eigenvalue weighted by Gasteiger charge is 2.36. The smallest absolute Gasteiger partial charge is 0.305 e. The van der Waals surface area contributed by atoms with Crippen LogP contribution in [0, 0.1) is 5.92 Å². The predicted octanol–water partition coefficient (Wildman–Crippen LogP) is -2.62. The standard InChI is InChI=1S/C65H85N13O18S3/c1-34(2)54(55(67)86)78-63(94)48(30-53(84)85)75-59(90)43(23-24-99-4)71-62(93)46(28-39-17-21-41(80)22-18-39)73-64(95)49(32-97)76-56(87)35(3)69-60(91)45(27-38-15-19-40(79)20-16-38)72-61(92)44(26-37-13-9-6-10-14-37)70-51(81)31-68-58(89)47(29-52(82)83)74-65(96)50(33-98)77-57(88)42(66)25-36-11-7-5-8-12-36/h5-22,34-35,42-50,54,79-80,97-98H,23-33,66H2,1-4H3,(H2,67,86)(H,68,89)(H,69,91)(H,70,81)(H,71,93)(H,72,92)(H,73,95)(H,74,96)(H,75,90)(H,76,87)(H,77,88)(H,78,94)(H,82,83)(H,84,85)/t35-,42+,43-,44-,45-,46+,47-,48-,49-,50-,54-/m0/s1. The maximum atomic E-state index is 14.5. The molecular weight excluding hydrogens is 1350 g/mol. The number of carboxylic acids is 2. The molecule has 0 aliphatic rings. The molecule has 99 heavy (non-hydrogen) atoms. The maximum Gasteiger partial charge on any atom is 0.305 e. The molecule has 0 heterocycles. The average molecular weight is 1430 g/mol. The fourth-order valence-corrected chi connectivity index (χ4v) is 10.5. The van der Waals surface area contributed by atoms with Gasteiger partial charge >= 0.3 is 11.9 Å². The number of carbonyl (C=O) groups excluding carboxylic acids is 12. The van der Waals surface area contributed by atoms with Crippen LogP contribution in [0.3, 0.4) is 0 Å². The Balaban J connectivity index is 1.52. The Hall–Kier alpha value is -9.93. The van der Waals surface area contributed by atoms with Gasteiger partial charge in [0.25, 0.3) is 0 Å². The van der Waals surface area contributed by atoms with Gasteiger partial charge in [0.1, 0.15) is 71.9 Å². The van der Waals surface area contributed by atoms with Gasteiger partial charge in [-0.1, -0.05) is 98.8 Å². The molecule has 536 valence electrons. The molecule has 0 bridgehead atoms. The Morgan fingerprint density at radius 3 is 1.20 bits per heavy atom. The minimum absolute atomic E-state index is 0.0816. The summed E-state index contributed by atoms with van der Waals surface area (Å²) in [7, 11) is 0. The van der Waals surface area contributed by atoms with Gasteiger partial charge in [-0.2, -0.15) is 37.0 Å². The molecular formula is C65H85N13O18S3. The second-order valence-electron chi connectivity index (χ2n) is 23.2. The molecule has 11 atom stereocenters. The molecule has 4 rings (SSSR count). The number of benzene rings is 4. The van der Waals surface area contributed by atoms with E-state index in [0.717, 1.165) is 5.56 Å². The second-order valence-corrected chi connectivity index (χ2v) is 24.9. The van der Waals surface area contributed by atoms with Crippen LogP contribution in [0.15, 0.2) is 109 Å². The number of carbonyl (C=O) groups is 14. The van der Waals surface area contributed by atoms with Crippen molar-refractivity contribution >= 4 is 120 Å². The van der Waals surface area contributed by atoms with Crippen LogP contribution >= 0.6 is 37.0 Å². The number of carboxylic acid groups (broad SMARTS) is 2. The molecule has 0 fully saturated rings. The minimum Gasteiger partial charge on any atom is -0.508 e. The molecule has 0 saturated carbocycles. The van der Waals surface area contributed by atoms with Crippen molar-refractivity contribution < 1.29 is 87.5 Å². The summed E-state index contributed by atoms with van der Waals surface area (Å²) >= 11 is 9.68. The summed E-state index contributed by atoms with van der Waals surface area (Å²) in [5.41, 5.74) is 13.5. The number of thiol groups is 2. The summed E-state index contributed by atoms with van der Waals surface area (Å²) < 4.78 is 0. The number of primary amides is 1. The van der Waals surface area contributed by atoms with Crippen molar-refractivity contribution in [2.24, 2.45) is 17.4 Å². The molecule has 0 unspecified atom stereocenters. The van der Waals surface area contributed by atoms with Gasteiger partial charge in [0.2, 0.25) is 70.9 Å². The largest absolute Gasteiger partial charge is 0.508 e. The van der Waals surface area contributed by atoms with Crippen LogP contribution in [0.2, 0.25) is 0 Å². The molecule has 0 spiro atoms. The minimum atomic E-state index is -1.80. The molecule has 19 N–H and O–H groups in total. The summed E-state index contributed by atoms with van der Waals surface area (Å²) in [6, 6.07) is 11.7. The van der Waals surface area contributed by atoms with Crippen LogP contribution in [0.5, 0.6) is 11.5 Å². The molecule has 0 aliphatic carbocycles. The SMILES string of the molecule is CSCC[C@H](NC(=O)[C@@H](Cc1ccc(O)cc1)NC(=O)[C@H](CS)NC(=O)[C@H](C)NC(=O)[C@H](Cc1ccc(O)cc1)NC(=O)[C@H](Cc1ccccc1)NC(=O)CNC(=O)[C@H](CC(=O)O)NC(=O)[C@H](CS)NC(=O)[C@H](N)Cc1ccccc1)C(=O)N[C@@H](CC(=O)O)C(=O)N[C@H](C(N)=O)C(C)C. The molecule has 0 saturated heterocycles. The number of aliphatic carboxylic acids is 2. The lowest BCUT2D eigenvalue weighted by atomic mass is 10.0. The highest BCUT2D eigenvalue weighted by molar-refractivity contribution is 7.98. The van der Waals surface area contributed by atoms with Gasteiger partial charge < -0.3 is 90.4 Å². The van der Waals surface area contributed by atoms with Crippen molar-refractivity contribution in [2.75, 3.05) is 30.1 Å². The topological polar surface area (TPSA) is 504 Å². The summed E-state index contributed by atoms with van der Waals surface area (Å²) in [5, 5.41) is 66.2. The third-order valence-electron chi connectivity index (χ3n) is 14.9. The summed E-state index contributed by atoms with van der Waals surface area (Å²) in [4.78, 5) is 188. The van der Waals surface area contributed by atoms with Crippen molar-refractivity contribution in [2.45, 2.75) is 132 Å². The van der Waals surface area contributed by atoms with E-state index < -0.39 is 180 Å². The number of nitrogens with two attached hydrogens (primary N) is 2. The highest BCUT2D eigenvalue weighted by atomic mass is 32.2. The van der Waals surface area contributed by atoms with Gasteiger partial charge in [-0.25, -0.2) is 0 Å². The monoisotopic (exact) mass is 1430 g/mol. The van der Waals surface area contributed by atoms with E-state index in [9.17, 15) is 87.5 Å². The lowest BCUT2D eigenvalue weighted by Crippen LogP contribution is -2.61. The number of rotatable bonds is 41. The van der Waals surface area contributed by atoms with Crippen molar-refractivity contribution in [1.29, 1.82) is 0 Å². The zero-order valence-electron chi connectivity index (χ0n) is 54.6. The highest BCUT2D eigenvalue weighted by Crippen LogP contribution is 2.16. The zero-order valence-corrected chi connectivity index (χ0v) is 57.2. The number of aromatic hydroxyl groups is 2. The van der Waals surface area contributed by atoms with Gasteiger partial charge in [-0.05, 0) is 84.2 Å². The number of hydrogen-bond donors (Lipinski definition) is 19. The fraction of sp³-hybridized carbons (Fsp3) is 0.415. The van der Waals surface area contributed by atoms with E-state index in [1.165, 1.54) is 67.2 Å². The van der Waals surface area contributed by atoms with E-state index in [1.807, 2.05) is 0 Å². The third-order valence-corrected chi connectivity index (χ3v) is 16.3. The number of nitrogens with one attached hydrogen (secondary N) is 11. The lowest BCUT2D eigenvalue weighted by molar-refractivity contribution is -0.142. The fourth-order valence-electron chi connectivity index (χ4n) is 9.51. The van der Waals surface area contributed by atoms with Crippen molar-refractivity contribution in [3.05, 3.63) is 131 Å². The zero-order chi connectivity index (χ0) is 73.5. The normalized spacial score (nSPS) is 14.3. The van der Waals surface area contributed by atoms with E-state index in [-0.39, 0.29) is 55.1 Å². The second kappa shape index (κ2) is 41.4. The first-order valence-electron chi connectivity index (χ1n) is 31.0. The van der Waals surface area contributed by atoms with Crippen molar-refractivity contribution in [3.63, 3.8) is 0 Å². The molecule has 12 amide bonds.